The number of carbonyl (C=O) groups excluding carboxylic acids is 1. The maximum atomic E-state index is 13.4. The molecule has 3 aliphatic heterocycles. The summed E-state index contributed by atoms with van der Waals surface area (Å²) in [5, 5.41) is 120. The molecule has 3 heterocycles. The topological polar surface area (TPSA) is 307 Å². The van der Waals surface area contributed by atoms with Gasteiger partial charge in [0.15, 0.2) is 18.9 Å². The van der Waals surface area contributed by atoms with E-state index in [2.05, 4.69) is 19.2 Å². The van der Waals surface area contributed by atoms with Crippen molar-refractivity contribution in [3.63, 3.8) is 0 Å². The standard InChI is InChI=1S/C67H129NO18/c1-3-5-7-9-11-13-15-16-17-18-19-20-21-22-23-24-25-26-27-28-29-30-31-32-33-35-37-39-41-43-45-55(73)68-50(51(72)44-42-40-38-36-34-14-12-10-8-6-4-2)49-81-65-61(79)58(76)63(53(47-70)83-65)86-67-62(80)59(77)64(54(48-71)84-67)85-66-60(78)57(75)56(74)52(46-69)82-66/h50-54,56-67,69-72,74-80H,3-49H2,1-2H3,(H,68,73). The molecule has 17 atom stereocenters. The van der Waals surface area contributed by atoms with Crippen molar-refractivity contribution < 1.29 is 89.4 Å². The van der Waals surface area contributed by atoms with Crippen LogP contribution in [0.15, 0.2) is 0 Å². The van der Waals surface area contributed by atoms with Crippen LogP contribution in [0.2, 0.25) is 0 Å². The Morgan fingerprint density at radius 3 is 1.01 bits per heavy atom. The summed E-state index contributed by atoms with van der Waals surface area (Å²) in [6.07, 6.45) is 26.5. The van der Waals surface area contributed by atoms with Crippen LogP contribution < -0.4 is 5.32 Å². The molecule has 3 aliphatic rings. The van der Waals surface area contributed by atoms with Crippen molar-refractivity contribution in [3.05, 3.63) is 0 Å². The second kappa shape index (κ2) is 50.4. The molecule has 0 spiro atoms. The predicted molar refractivity (Wildman–Crippen MR) is 333 cm³/mol. The largest absolute Gasteiger partial charge is 0.394 e. The monoisotopic (exact) mass is 1240 g/mol. The van der Waals surface area contributed by atoms with Gasteiger partial charge in [-0.2, -0.15) is 0 Å². The van der Waals surface area contributed by atoms with Gasteiger partial charge in [0.25, 0.3) is 0 Å². The van der Waals surface area contributed by atoms with Gasteiger partial charge >= 0.3 is 0 Å². The second-order valence-electron chi connectivity index (χ2n) is 25.7. The highest BCUT2D eigenvalue weighted by Gasteiger charge is 2.53. The first-order valence-electron chi connectivity index (χ1n) is 35.3. The number of carbonyl (C=O) groups is 1. The maximum Gasteiger partial charge on any atom is 0.220 e. The zero-order valence-electron chi connectivity index (χ0n) is 53.8. The molecule has 510 valence electrons. The van der Waals surface area contributed by atoms with E-state index < -0.39 is 124 Å². The lowest BCUT2D eigenvalue weighted by molar-refractivity contribution is -0.379. The summed E-state index contributed by atoms with van der Waals surface area (Å²) in [5.41, 5.74) is 0. The summed E-state index contributed by atoms with van der Waals surface area (Å²) in [4.78, 5) is 13.4. The third kappa shape index (κ3) is 32.4. The lowest BCUT2D eigenvalue weighted by atomic mass is 9.96. The van der Waals surface area contributed by atoms with E-state index >= 15 is 0 Å². The van der Waals surface area contributed by atoms with Gasteiger partial charge in [0.05, 0.1) is 38.6 Å². The van der Waals surface area contributed by atoms with Crippen molar-refractivity contribution >= 4 is 5.91 Å². The van der Waals surface area contributed by atoms with Gasteiger partial charge in [-0.15, -0.1) is 0 Å². The quantitative estimate of drug-likeness (QED) is 0.0253. The van der Waals surface area contributed by atoms with Crippen molar-refractivity contribution in [1.82, 2.24) is 5.32 Å². The van der Waals surface area contributed by atoms with Crippen LogP contribution in [0.25, 0.3) is 0 Å². The Hall–Kier alpha value is -1.21. The molecule has 17 unspecified atom stereocenters. The van der Waals surface area contributed by atoms with Crippen LogP contribution >= 0.6 is 0 Å². The highest BCUT2D eigenvalue weighted by Crippen LogP contribution is 2.33. The van der Waals surface area contributed by atoms with Gasteiger partial charge in [-0.3, -0.25) is 4.79 Å². The number of rotatable bonds is 55. The molecular weight excluding hydrogens is 1110 g/mol. The summed E-state index contributed by atoms with van der Waals surface area (Å²) < 4.78 is 34.4. The minimum atomic E-state index is -1.97. The first-order chi connectivity index (χ1) is 41.8. The fourth-order valence-electron chi connectivity index (χ4n) is 12.4. The van der Waals surface area contributed by atoms with Gasteiger partial charge < -0.3 is 89.9 Å². The third-order valence-corrected chi connectivity index (χ3v) is 18.2. The molecule has 0 radical (unpaired) electrons. The van der Waals surface area contributed by atoms with Crippen molar-refractivity contribution in [2.45, 2.75) is 394 Å². The summed E-state index contributed by atoms with van der Waals surface area (Å²) in [6, 6.07) is -0.880. The Kier molecular flexibility index (Phi) is 46.3. The fraction of sp³-hybridized carbons (Fsp3) is 0.985. The number of amides is 1. The Morgan fingerprint density at radius 1 is 0.372 bits per heavy atom. The van der Waals surface area contributed by atoms with Gasteiger partial charge in [0.1, 0.15) is 73.2 Å². The molecule has 1 amide bonds. The molecule has 19 nitrogen and oxygen atoms in total. The van der Waals surface area contributed by atoms with E-state index in [1.165, 1.54) is 212 Å². The molecule has 3 fully saturated rings. The molecule has 0 aromatic rings. The van der Waals surface area contributed by atoms with Crippen LogP contribution in [0.4, 0.5) is 0 Å². The number of nitrogens with one attached hydrogen (secondary N) is 1. The number of aliphatic hydroxyl groups is 11. The average molecular weight is 1240 g/mol. The second-order valence-corrected chi connectivity index (χ2v) is 25.7. The summed E-state index contributed by atoms with van der Waals surface area (Å²) in [5.74, 6) is -0.237. The van der Waals surface area contributed by atoms with E-state index in [1.807, 2.05) is 0 Å². The molecule has 86 heavy (non-hydrogen) atoms. The highest BCUT2D eigenvalue weighted by molar-refractivity contribution is 5.76. The molecular formula is C67H129NO18. The van der Waals surface area contributed by atoms with Gasteiger partial charge in [0, 0.05) is 6.42 Å². The molecule has 3 rings (SSSR count). The van der Waals surface area contributed by atoms with Gasteiger partial charge in [0.2, 0.25) is 5.91 Å². The molecule has 0 aliphatic carbocycles. The zero-order chi connectivity index (χ0) is 62.6. The van der Waals surface area contributed by atoms with Crippen LogP contribution in [0.5, 0.6) is 0 Å². The van der Waals surface area contributed by atoms with Crippen LogP contribution in [-0.4, -0.2) is 193 Å². The van der Waals surface area contributed by atoms with Gasteiger partial charge in [-0.1, -0.05) is 271 Å². The fourth-order valence-corrected chi connectivity index (χ4v) is 12.4. The minimum absolute atomic E-state index is 0.237. The summed E-state index contributed by atoms with van der Waals surface area (Å²) in [7, 11) is 0. The average Bonchev–Trinajstić information content (AvgIpc) is 1.85. The van der Waals surface area contributed by atoms with E-state index in [9.17, 15) is 61.0 Å². The van der Waals surface area contributed by atoms with E-state index in [1.54, 1.807) is 0 Å². The molecule has 12 N–H and O–H groups in total. The van der Waals surface area contributed by atoms with E-state index in [4.69, 9.17) is 28.4 Å². The lowest BCUT2D eigenvalue weighted by Gasteiger charge is -2.48. The van der Waals surface area contributed by atoms with Crippen LogP contribution in [0.1, 0.15) is 290 Å². The van der Waals surface area contributed by atoms with Gasteiger partial charge in [-0.25, -0.2) is 0 Å². The predicted octanol–water partition coefficient (Wildman–Crippen LogP) is 9.11. The number of hydrogen-bond acceptors (Lipinski definition) is 18. The normalized spacial score (nSPS) is 28.7. The Labute approximate surface area is 519 Å². The molecule has 0 aromatic carbocycles. The van der Waals surface area contributed by atoms with Crippen LogP contribution in [0.3, 0.4) is 0 Å². The number of hydrogen-bond donors (Lipinski definition) is 12. The summed E-state index contributed by atoms with van der Waals surface area (Å²) in [6.45, 7) is 1.82. The van der Waals surface area contributed by atoms with E-state index in [0.717, 1.165) is 44.9 Å². The number of ether oxygens (including phenoxy) is 6. The Balaban J connectivity index is 1.34. The molecule has 0 bridgehead atoms. The number of unbranched alkanes of at least 4 members (excludes halogenated alkanes) is 39. The molecule has 3 saturated heterocycles. The minimum Gasteiger partial charge on any atom is -0.394 e. The molecule has 19 heteroatoms. The Morgan fingerprint density at radius 2 is 0.663 bits per heavy atom. The van der Waals surface area contributed by atoms with Crippen molar-refractivity contribution in [2.24, 2.45) is 0 Å². The zero-order valence-corrected chi connectivity index (χ0v) is 53.8. The van der Waals surface area contributed by atoms with Crippen molar-refractivity contribution in [1.29, 1.82) is 0 Å². The third-order valence-electron chi connectivity index (χ3n) is 18.2. The lowest BCUT2D eigenvalue weighted by Crippen LogP contribution is -2.66. The maximum absolute atomic E-state index is 13.4. The van der Waals surface area contributed by atoms with E-state index in [-0.39, 0.29) is 18.9 Å². The first-order valence-corrected chi connectivity index (χ1v) is 35.3. The molecule has 0 aromatic heterocycles. The van der Waals surface area contributed by atoms with E-state index in [0.29, 0.717) is 12.8 Å². The first kappa shape index (κ1) is 79.0. The Bertz CT molecular complexity index is 1570. The smallest absolute Gasteiger partial charge is 0.220 e. The highest BCUT2D eigenvalue weighted by atomic mass is 16.8. The van der Waals surface area contributed by atoms with Crippen molar-refractivity contribution in [2.75, 3.05) is 26.4 Å². The number of aliphatic hydroxyl groups excluding tert-OH is 11. The van der Waals surface area contributed by atoms with Crippen LogP contribution in [0, 0.1) is 0 Å². The van der Waals surface area contributed by atoms with Crippen molar-refractivity contribution in [3.8, 4) is 0 Å². The molecule has 0 saturated carbocycles. The summed E-state index contributed by atoms with van der Waals surface area (Å²) >= 11 is 0. The SMILES string of the molecule is CCCCCCCCCCCCCCCCCCCCCCCCCCCCCCCCC(=O)NC(COC1OC(CO)C(OC2OC(CO)C(OC3OC(CO)C(O)C(O)C3O)C(O)C2O)C(O)C1O)C(O)CCCCCCCCCCCCC. The van der Waals surface area contributed by atoms with Crippen LogP contribution in [-0.2, 0) is 33.2 Å². The van der Waals surface area contributed by atoms with Gasteiger partial charge in [-0.05, 0) is 12.8 Å².